The lowest BCUT2D eigenvalue weighted by Crippen LogP contribution is -2.52. The highest BCUT2D eigenvalue weighted by atomic mass is 32.2. The minimum Gasteiger partial charge on any atom is -0.480 e. The first-order chi connectivity index (χ1) is 7.97. The van der Waals surface area contributed by atoms with Crippen molar-refractivity contribution >= 4 is 23.6 Å². The number of amides is 1. The van der Waals surface area contributed by atoms with Crippen LogP contribution in [0.2, 0.25) is 0 Å². The molecule has 3 unspecified atom stereocenters. The minimum absolute atomic E-state index is 0.0834. The third-order valence-electron chi connectivity index (χ3n) is 3.95. The van der Waals surface area contributed by atoms with Crippen LogP contribution in [0.1, 0.15) is 26.2 Å². The van der Waals surface area contributed by atoms with Gasteiger partial charge in [-0.2, -0.15) is 0 Å². The van der Waals surface area contributed by atoms with Crippen molar-refractivity contribution in [2.75, 3.05) is 11.6 Å². The van der Waals surface area contributed by atoms with Gasteiger partial charge in [-0.3, -0.25) is 4.79 Å². The van der Waals surface area contributed by atoms with Gasteiger partial charge in [0, 0.05) is 11.8 Å². The highest BCUT2D eigenvalue weighted by molar-refractivity contribution is 7.99. The molecule has 1 aliphatic heterocycles. The van der Waals surface area contributed by atoms with E-state index in [0.29, 0.717) is 11.6 Å². The van der Waals surface area contributed by atoms with E-state index in [2.05, 4.69) is 0 Å². The molecule has 5 nitrogen and oxygen atoms in total. The second-order valence-electron chi connectivity index (χ2n) is 5.05. The lowest BCUT2D eigenvalue weighted by Gasteiger charge is -2.33. The van der Waals surface area contributed by atoms with E-state index in [1.165, 1.54) is 16.7 Å². The van der Waals surface area contributed by atoms with Crippen LogP contribution in [0.5, 0.6) is 0 Å². The first kappa shape index (κ1) is 12.7. The molecule has 0 spiro atoms. The van der Waals surface area contributed by atoms with Crippen molar-refractivity contribution in [1.29, 1.82) is 0 Å². The summed E-state index contributed by atoms with van der Waals surface area (Å²) in [5, 5.41) is 9.09. The number of thioether (sulfide) groups is 1. The largest absolute Gasteiger partial charge is 0.480 e. The average molecular weight is 258 g/mol. The van der Waals surface area contributed by atoms with Gasteiger partial charge in [-0.1, -0.05) is 6.42 Å². The Hall–Kier alpha value is -0.750. The summed E-state index contributed by atoms with van der Waals surface area (Å²) >= 11 is 1.49. The Balaban J connectivity index is 2.17. The van der Waals surface area contributed by atoms with Gasteiger partial charge < -0.3 is 15.7 Å². The van der Waals surface area contributed by atoms with Crippen LogP contribution in [0.25, 0.3) is 0 Å². The molecule has 1 saturated heterocycles. The normalized spacial score (nSPS) is 37.4. The van der Waals surface area contributed by atoms with Crippen LogP contribution in [0.3, 0.4) is 0 Å². The van der Waals surface area contributed by atoms with Gasteiger partial charge in [0.05, 0.1) is 11.3 Å². The predicted molar refractivity (Wildman–Crippen MR) is 65.5 cm³/mol. The van der Waals surface area contributed by atoms with E-state index in [-0.39, 0.29) is 11.9 Å². The van der Waals surface area contributed by atoms with Crippen LogP contribution < -0.4 is 5.73 Å². The minimum atomic E-state index is -0.918. The molecule has 1 aliphatic carbocycles. The maximum absolute atomic E-state index is 12.5. The van der Waals surface area contributed by atoms with Gasteiger partial charge >= 0.3 is 5.97 Å². The number of hydrogen-bond acceptors (Lipinski definition) is 4. The molecule has 3 N–H and O–H groups in total. The highest BCUT2D eigenvalue weighted by Gasteiger charge is 2.48. The number of carboxylic acids is 1. The van der Waals surface area contributed by atoms with Crippen molar-refractivity contribution in [1.82, 2.24) is 4.90 Å². The smallest absolute Gasteiger partial charge is 0.327 e. The SMILES string of the molecule is CC1(C(=O)N2CSCC2C(=O)O)CCCC1N. The Kier molecular flexibility index (Phi) is 3.36. The second kappa shape index (κ2) is 4.49. The monoisotopic (exact) mass is 258 g/mol. The number of nitrogens with two attached hydrogens (primary N) is 1. The number of hydrogen-bond donors (Lipinski definition) is 2. The topological polar surface area (TPSA) is 83.6 Å². The molecule has 2 fully saturated rings. The summed E-state index contributed by atoms with van der Waals surface area (Å²) < 4.78 is 0. The van der Waals surface area contributed by atoms with Crippen molar-refractivity contribution in [2.45, 2.75) is 38.3 Å². The van der Waals surface area contributed by atoms with Crippen molar-refractivity contribution in [3.05, 3.63) is 0 Å². The van der Waals surface area contributed by atoms with E-state index in [9.17, 15) is 9.59 Å². The number of carbonyl (C=O) groups is 2. The standard InChI is InChI=1S/C11H18N2O3S/c1-11(4-2-3-8(11)12)10(16)13-6-17-5-7(13)9(14)15/h7-8H,2-6,12H2,1H3,(H,14,15). The summed E-state index contributed by atoms with van der Waals surface area (Å²) in [5.74, 6) is -0.0526. The Labute approximate surface area is 105 Å². The third kappa shape index (κ3) is 2.04. The van der Waals surface area contributed by atoms with E-state index in [1.54, 1.807) is 0 Å². The molecule has 0 aromatic carbocycles. The summed E-state index contributed by atoms with van der Waals surface area (Å²) in [6, 6.07) is -0.827. The maximum Gasteiger partial charge on any atom is 0.327 e. The van der Waals surface area contributed by atoms with Crippen LogP contribution in [0.15, 0.2) is 0 Å². The molecular formula is C11H18N2O3S. The molecule has 1 saturated carbocycles. The van der Waals surface area contributed by atoms with Crippen molar-refractivity contribution in [3.63, 3.8) is 0 Å². The van der Waals surface area contributed by atoms with Crippen molar-refractivity contribution in [2.24, 2.45) is 11.1 Å². The first-order valence-corrected chi connectivity index (χ1v) is 6.99. The maximum atomic E-state index is 12.5. The van der Waals surface area contributed by atoms with Crippen LogP contribution >= 0.6 is 11.8 Å². The highest BCUT2D eigenvalue weighted by Crippen LogP contribution is 2.40. The molecule has 0 aromatic rings. The van der Waals surface area contributed by atoms with Gasteiger partial charge in [0.2, 0.25) is 5.91 Å². The Morgan fingerprint density at radius 2 is 2.24 bits per heavy atom. The molecule has 2 rings (SSSR count). The van der Waals surface area contributed by atoms with E-state index in [0.717, 1.165) is 19.3 Å². The number of carboxylic acid groups (broad SMARTS) is 1. The molecule has 0 radical (unpaired) electrons. The lowest BCUT2D eigenvalue weighted by molar-refractivity contribution is -0.152. The van der Waals surface area contributed by atoms with E-state index >= 15 is 0 Å². The summed E-state index contributed by atoms with van der Waals surface area (Å²) in [6.45, 7) is 1.87. The zero-order valence-corrected chi connectivity index (χ0v) is 10.7. The van der Waals surface area contributed by atoms with E-state index in [1.807, 2.05) is 6.92 Å². The van der Waals surface area contributed by atoms with Gasteiger partial charge in [0.15, 0.2) is 0 Å². The molecular weight excluding hydrogens is 240 g/mol. The summed E-state index contributed by atoms with van der Waals surface area (Å²) in [4.78, 5) is 25.0. The van der Waals surface area contributed by atoms with Crippen molar-refractivity contribution in [3.8, 4) is 0 Å². The molecule has 17 heavy (non-hydrogen) atoms. The Bertz CT molecular complexity index is 350. The average Bonchev–Trinajstić information content (AvgIpc) is 2.86. The first-order valence-electron chi connectivity index (χ1n) is 5.84. The molecule has 2 aliphatic rings. The lowest BCUT2D eigenvalue weighted by atomic mass is 9.83. The van der Waals surface area contributed by atoms with Crippen LogP contribution in [0, 0.1) is 5.41 Å². The number of carbonyl (C=O) groups excluding carboxylic acids is 1. The van der Waals surface area contributed by atoms with Crippen LogP contribution in [-0.4, -0.2) is 45.6 Å². The van der Waals surface area contributed by atoms with E-state index < -0.39 is 17.4 Å². The summed E-state index contributed by atoms with van der Waals surface area (Å²) in [6.07, 6.45) is 2.56. The van der Waals surface area contributed by atoms with E-state index in [4.69, 9.17) is 10.8 Å². The molecule has 0 aromatic heterocycles. The second-order valence-corrected chi connectivity index (χ2v) is 6.04. The summed E-state index contributed by atoms with van der Waals surface area (Å²) in [7, 11) is 0. The van der Waals surface area contributed by atoms with Gasteiger partial charge in [-0.15, -0.1) is 11.8 Å². The number of nitrogens with zero attached hydrogens (tertiary/aromatic N) is 1. The number of aliphatic carboxylic acids is 1. The molecule has 1 heterocycles. The van der Waals surface area contributed by atoms with Gasteiger partial charge in [-0.05, 0) is 19.8 Å². The Morgan fingerprint density at radius 3 is 2.76 bits per heavy atom. The van der Waals surface area contributed by atoms with Crippen LogP contribution in [-0.2, 0) is 9.59 Å². The molecule has 96 valence electrons. The zero-order valence-electron chi connectivity index (χ0n) is 9.89. The zero-order chi connectivity index (χ0) is 12.6. The molecule has 6 heteroatoms. The summed E-state index contributed by atoms with van der Waals surface area (Å²) in [5.41, 5.74) is 5.43. The van der Waals surface area contributed by atoms with Gasteiger partial charge in [-0.25, -0.2) is 4.79 Å². The molecule has 3 atom stereocenters. The fourth-order valence-corrected chi connectivity index (χ4v) is 3.78. The quantitative estimate of drug-likeness (QED) is 0.753. The van der Waals surface area contributed by atoms with Gasteiger partial charge in [0.25, 0.3) is 0 Å². The molecule has 0 bridgehead atoms. The van der Waals surface area contributed by atoms with Gasteiger partial charge in [0.1, 0.15) is 6.04 Å². The molecule has 1 amide bonds. The third-order valence-corrected chi connectivity index (χ3v) is 4.96. The number of rotatable bonds is 2. The fraction of sp³-hybridized carbons (Fsp3) is 0.818. The van der Waals surface area contributed by atoms with Crippen LogP contribution in [0.4, 0.5) is 0 Å². The fourth-order valence-electron chi connectivity index (χ4n) is 2.63. The predicted octanol–water partition coefficient (Wildman–Crippen LogP) is 0.490. The van der Waals surface area contributed by atoms with Crippen molar-refractivity contribution < 1.29 is 14.7 Å². The Morgan fingerprint density at radius 1 is 1.53 bits per heavy atom.